The summed E-state index contributed by atoms with van der Waals surface area (Å²) < 4.78 is 4.91. The number of aromatic hydroxyl groups is 1. The highest BCUT2D eigenvalue weighted by Gasteiger charge is 2.30. The molecule has 0 spiro atoms. The maximum absolute atomic E-state index is 13.2. The molecule has 2 aromatic heterocycles. The molecule has 152 valence electrons. The molecule has 29 heavy (non-hydrogen) atoms. The summed E-state index contributed by atoms with van der Waals surface area (Å²) in [5.41, 5.74) is 0.961. The molecule has 1 aromatic carbocycles. The molecule has 1 amide bonds. The van der Waals surface area contributed by atoms with Crippen molar-refractivity contribution in [3.63, 3.8) is 0 Å². The predicted molar refractivity (Wildman–Crippen MR) is 108 cm³/mol. The van der Waals surface area contributed by atoms with Gasteiger partial charge in [-0.15, -0.1) is 0 Å². The van der Waals surface area contributed by atoms with Gasteiger partial charge in [-0.05, 0) is 50.1 Å². The van der Waals surface area contributed by atoms with Crippen LogP contribution in [-0.4, -0.2) is 47.9 Å². The van der Waals surface area contributed by atoms with Crippen molar-refractivity contribution in [1.29, 1.82) is 0 Å². The zero-order valence-corrected chi connectivity index (χ0v) is 16.7. The van der Waals surface area contributed by atoms with Gasteiger partial charge in [0.15, 0.2) is 0 Å². The number of phenols is 1. The van der Waals surface area contributed by atoms with E-state index < -0.39 is 0 Å². The van der Waals surface area contributed by atoms with E-state index in [4.69, 9.17) is 0 Å². The summed E-state index contributed by atoms with van der Waals surface area (Å²) in [6.45, 7) is 3.56. The second-order valence-electron chi connectivity index (χ2n) is 7.39. The summed E-state index contributed by atoms with van der Waals surface area (Å²) in [4.78, 5) is 27.2. The summed E-state index contributed by atoms with van der Waals surface area (Å²) in [5, 5.41) is 14.7. The Labute approximate surface area is 168 Å². The second-order valence-corrected chi connectivity index (χ2v) is 7.39. The predicted octanol–water partition coefficient (Wildman–Crippen LogP) is 2.12. The molecule has 3 aromatic rings. The Kier molecular flexibility index (Phi) is 5.00. The van der Waals surface area contributed by atoms with Gasteiger partial charge in [0.1, 0.15) is 11.6 Å². The van der Waals surface area contributed by atoms with Crippen LogP contribution in [0.2, 0.25) is 0 Å². The van der Waals surface area contributed by atoms with E-state index in [0.29, 0.717) is 19.6 Å². The minimum Gasteiger partial charge on any atom is -0.507 e. The Balaban J connectivity index is 1.61. The van der Waals surface area contributed by atoms with Crippen molar-refractivity contribution in [2.75, 3.05) is 13.1 Å². The van der Waals surface area contributed by atoms with Crippen molar-refractivity contribution < 1.29 is 9.90 Å². The molecule has 0 aliphatic carbocycles. The number of likely N-dealkylation sites (tertiary alicyclic amines) is 1. The Hall–Kier alpha value is -3.29. The van der Waals surface area contributed by atoms with E-state index in [0.717, 1.165) is 24.4 Å². The standard InChI is InChI=1S/C21H25N5O3/c1-3-26-19(22-23(2)21(26)29)15-7-6-12-25(14-15)20(28)17-13-16(8-9-18(17)27)24-10-4-5-11-24/h4-5,8-11,13,15,27H,3,6-7,12,14H2,1-2H3. The number of carbonyl (C=O) groups excluding carboxylic acids is 1. The number of hydrogen-bond acceptors (Lipinski definition) is 4. The summed E-state index contributed by atoms with van der Waals surface area (Å²) in [5.74, 6) is 0.484. The molecule has 0 radical (unpaired) electrons. The lowest BCUT2D eigenvalue weighted by Gasteiger charge is -2.32. The first-order valence-electron chi connectivity index (χ1n) is 9.89. The van der Waals surface area contributed by atoms with Crippen molar-refractivity contribution in [3.8, 4) is 11.4 Å². The number of amides is 1. The molecule has 1 fully saturated rings. The molecule has 1 aliphatic heterocycles. The van der Waals surface area contributed by atoms with Gasteiger partial charge in [0.25, 0.3) is 5.91 Å². The molecule has 8 heteroatoms. The highest BCUT2D eigenvalue weighted by molar-refractivity contribution is 5.97. The number of benzene rings is 1. The van der Waals surface area contributed by atoms with Gasteiger partial charge in [-0.1, -0.05) is 0 Å². The third-order valence-electron chi connectivity index (χ3n) is 5.54. The fraction of sp³-hybridized carbons (Fsp3) is 0.381. The summed E-state index contributed by atoms with van der Waals surface area (Å²) in [7, 11) is 1.65. The van der Waals surface area contributed by atoms with Crippen LogP contribution in [0.4, 0.5) is 0 Å². The quantitative estimate of drug-likeness (QED) is 0.733. The van der Waals surface area contributed by atoms with Gasteiger partial charge in [0.2, 0.25) is 0 Å². The maximum Gasteiger partial charge on any atom is 0.345 e. The molecular weight excluding hydrogens is 370 g/mol. The number of piperidine rings is 1. The average Bonchev–Trinajstić information content (AvgIpc) is 3.37. The fourth-order valence-electron chi connectivity index (χ4n) is 4.03. The van der Waals surface area contributed by atoms with E-state index in [-0.39, 0.29) is 28.8 Å². The van der Waals surface area contributed by atoms with Crippen LogP contribution in [0, 0.1) is 0 Å². The maximum atomic E-state index is 13.2. The Morgan fingerprint density at radius 2 is 2.03 bits per heavy atom. The van der Waals surface area contributed by atoms with Crippen molar-refractivity contribution >= 4 is 5.91 Å². The molecular formula is C21H25N5O3. The van der Waals surface area contributed by atoms with Crippen LogP contribution in [0.5, 0.6) is 5.75 Å². The van der Waals surface area contributed by atoms with Gasteiger partial charge in [-0.2, -0.15) is 5.10 Å². The number of aryl methyl sites for hydroxylation is 1. The summed E-state index contributed by atoms with van der Waals surface area (Å²) in [6, 6.07) is 8.86. The Morgan fingerprint density at radius 3 is 2.76 bits per heavy atom. The highest BCUT2D eigenvalue weighted by atomic mass is 16.3. The minimum atomic E-state index is -0.206. The second kappa shape index (κ2) is 7.62. The zero-order chi connectivity index (χ0) is 20.5. The topological polar surface area (TPSA) is 85.3 Å². The van der Waals surface area contributed by atoms with Crippen LogP contribution in [0.25, 0.3) is 5.69 Å². The molecule has 0 bridgehead atoms. The molecule has 1 aliphatic rings. The van der Waals surface area contributed by atoms with Crippen molar-refractivity contribution in [2.24, 2.45) is 7.05 Å². The van der Waals surface area contributed by atoms with Crippen LogP contribution >= 0.6 is 0 Å². The van der Waals surface area contributed by atoms with E-state index in [1.807, 2.05) is 36.0 Å². The minimum absolute atomic E-state index is 0.00340. The molecule has 4 rings (SSSR count). The monoisotopic (exact) mass is 395 g/mol. The first kappa shape index (κ1) is 19.0. The molecule has 1 unspecified atom stereocenters. The number of hydrogen-bond donors (Lipinski definition) is 1. The van der Waals surface area contributed by atoms with E-state index in [1.54, 1.807) is 34.7 Å². The lowest BCUT2D eigenvalue weighted by Crippen LogP contribution is -2.40. The summed E-state index contributed by atoms with van der Waals surface area (Å²) in [6.07, 6.45) is 5.48. The number of carbonyl (C=O) groups is 1. The van der Waals surface area contributed by atoms with Crippen LogP contribution in [0.15, 0.2) is 47.5 Å². The SMILES string of the molecule is CCn1c(C2CCCN(C(=O)c3cc(-n4cccc4)ccc3O)C2)nn(C)c1=O. The van der Waals surface area contributed by atoms with Crippen molar-refractivity contribution in [3.05, 3.63) is 64.6 Å². The van der Waals surface area contributed by atoms with Gasteiger partial charge in [0, 0.05) is 50.7 Å². The van der Waals surface area contributed by atoms with Crippen LogP contribution in [0.1, 0.15) is 41.9 Å². The molecule has 3 heterocycles. The van der Waals surface area contributed by atoms with Crippen LogP contribution < -0.4 is 5.69 Å². The van der Waals surface area contributed by atoms with Gasteiger partial charge in [-0.3, -0.25) is 9.36 Å². The van der Waals surface area contributed by atoms with Gasteiger partial charge >= 0.3 is 5.69 Å². The van der Waals surface area contributed by atoms with Crippen molar-refractivity contribution in [2.45, 2.75) is 32.2 Å². The Bertz CT molecular complexity index is 1080. The first-order valence-corrected chi connectivity index (χ1v) is 9.89. The van der Waals surface area contributed by atoms with Crippen LogP contribution in [-0.2, 0) is 13.6 Å². The van der Waals surface area contributed by atoms with E-state index >= 15 is 0 Å². The molecule has 1 N–H and O–H groups in total. The van der Waals surface area contributed by atoms with E-state index in [9.17, 15) is 14.7 Å². The molecule has 1 saturated heterocycles. The number of nitrogens with zero attached hydrogens (tertiary/aromatic N) is 5. The first-order chi connectivity index (χ1) is 14.0. The fourth-order valence-corrected chi connectivity index (χ4v) is 4.03. The van der Waals surface area contributed by atoms with Gasteiger partial charge in [0.05, 0.1) is 5.56 Å². The normalized spacial score (nSPS) is 16.9. The molecule has 1 atom stereocenters. The lowest BCUT2D eigenvalue weighted by atomic mass is 9.96. The number of aromatic nitrogens is 4. The number of rotatable bonds is 4. The lowest BCUT2D eigenvalue weighted by molar-refractivity contribution is 0.0700. The molecule has 0 saturated carbocycles. The number of phenolic OH excluding ortho intramolecular Hbond substituents is 1. The third kappa shape index (κ3) is 3.46. The van der Waals surface area contributed by atoms with Gasteiger partial charge in [-0.25, -0.2) is 9.48 Å². The largest absolute Gasteiger partial charge is 0.507 e. The smallest absolute Gasteiger partial charge is 0.345 e. The molecule has 8 nitrogen and oxygen atoms in total. The highest BCUT2D eigenvalue weighted by Crippen LogP contribution is 2.29. The average molecular weight is 395 g/mol. The van der Waals surface area contributed by atoms with Crippen LogP contribution in [0.3, 0.4) is 0 Å². The van der Waals surface area contributed by atoms with Gasteiger partial charge < -0.3 is 14.6 Å². The third-order valence-corrected chi connectivity index (χ3v) is 5.54. The van der Waals surface area contributed by atoms with E-state index in [2.05, 4.69) is 5.10 Å². The Morgan fingerprint density at radius 1 is 1.28 bits per heavy atom. The van der Waals surface area contributed by atoms with Crippen molar-refractivity contribution in [1.82, 2.24) is 23.8 Å². The van der Waals surface area contributed by atoms with E-state index in [1.165, 1.54) is 4.68 Å². The summed E-state index contributed by atoms with van der Waals surface area (Å²) >= 11 is 0. The zero-order valence-electron chi connectivity index (χ0n) is 16.7.